The summed E-state index contributed by atoms with van der Waals surface area (Å²) < 4.78 is 5.29. The van der Waals surface area contributed by atoms with Gasteiger partial charge in [0.15, 0.2) is 5.82 Å². The highest BCUT2D eigenvalue weighted by Crippen LogP contribution is 2.25. The van der Waals surface area contributed by atoms with Crippen LogP contribution in [0.2, 0.25) is 0 Å². The maximum Gasteiger partial charge on any atom is 0.226 e. The van der Waals surface area contributed by atoms with Crippen molar-refractivity contribution in [3.05, 3.63) is 11.7 Å². The van der Waals surface area contributed by atoms with Crippen LogP contribution in [0, 0.1) is 5.92 Å². The summed E-state index contributed by atoms with van der Waals surface area (Å²) in [5.74, 6) is 4.82. The number of hydrogen-bond donors (Lipinski definition) is 1. The molecular weight excluding hydrogens is 234 g/mol. The Balaban J connectivity index is 1.84. The molecule has 0 aromatic carbocycles. The van der Waals surface area contributed by atoms with Crippen LogP contribution >= 0.6 is 11.8 Å². The third-order valence-corrected chi connectivity index (χ3v) is 4.33. The Morgan fingerprint density at radius 2 is 2.24 bits per heavy atom. The second-order valence-corrected chi connectivity index (χ2v) is 5.96. The van der Waals surface area contributed by atoms with Crippen LogP contribution in [-0.4, -0.2) is 27.7 Å². The topological polar surface area (TPSA) is 64.9 Å². The largest absolute Gasteiger partial charge is 0.339 e. The van der Waals surface area contributed by atoms with E-state index in [-0.39, 0.29) is 6.04 Å². The highest BCUT2D eigenvalue weighted by molar-refractivity contribution is 7.99. The first kappa shape index (κ1) is 12.9. The lowest BCUT2D eigenvalue weighted by molar-refractivity contribution is 0.340. The molecule has 2 rings (SSSR count). The van der Waals surface area contributed by atoms with Crippen molar-refractivity contribution in [2.24, 2.45) is 11.7 Å². The van der Waals surface area contributed by atoms with Gasteiger partial charge in [-0.15, -0.1) is 0 Å². The van der Waals surface area contributed by atoms with E-state index in [4.69, 9.17) is 10.3 Å². The summed E-state index contributed by atoms with van der Waals surface area (Å²) in [5, 5.41) is 4.00. The molecule has 4 nitrogen and oxygen atoms in total. The van der Waals surface area contributed by atoms with Gasteiger partial charge in [0.25, 0.3) is 0 Å². The summed E-state index contributed by atoms with van der Waals surface area (Å²) in [7, 11) is 0. The Kier molecular flexibility index (Phi) is 4.86. The number of thioether (sulfide) groups is 1. The van der Waals surface area contributed by atoms with Gasteiger partial charge in [-0.1, -0.05) is 12.1 Å². The first-order chi connectivity index (χ1) is 8.28. The molecule has 17 heavy (non-hydrogen) atoms. The molecule has 0 spiro atoms. The van der Waals surface area contributed by atoms with Gasteiger partial charge >= 0.3 is 0 Å². The number of nitrogens with two attached hydrogens (primary N) is 1. The minimum Gasteiger partial charge on any atom is -0.339 e. The monoisotopic (exact) mass is 255 g/mol. The summed E-state index contributed by atoms with van der Waals surface area (Å²) in [6, 6.07) is 0.145. The van der Waals surface area contributed by atoms with Crippen LogP contribution < -0.4 is 5.73 Å². The highest BCUT2D eigenvalue weighted by Gasteiger charge is 2.18. The highest BCUT2D eigenvalue weighted by atomic mass is 32.2. The molecule has 0 aliphatic carbocycles. The minimum atomic E-state index is 0.145. The molecule has 1 fully saturated rings. The fourth-order valence-electron chi connectivity index (χ4n) is 2.03. The lowest BCUT2D eigenvalue weighted by atomic mass is 9.99. The second-order valence-electron chi connectivity index (χ2n) is 4.74. The van der Waals surface area contributed by atoms with Crippen LogP contribution in [0.1, 0.15) is 37.9 Å². The lowest BCUT2D eigenvalue weighted by Gasteiger charge is -2.19. The van der Waals surface area contributed by atoms with Gasteiger partial charge in [-0.05, 0) is 36.7 Å². The van der Waals surface area contributed by atoms with Crippen molar-refractivity contribution in [1.29, 1.82) is 0 Å². The first-order valence-corrected chi connectivity index (χ1v) is 7.58. The summed E-state index contributed by atoms with van der Waals surface area (Å²) in [6.07, 6.45) is 5.16. The lowest BCUT2D eigenvalue weighted by Crippen LogP contribution is -2.22. The van der Waals surface area contributed by atoms with E-state index in [1.54, 1.807) is 0 Å². The first-order valence-electron chi connectivity index (χ1n) is 6.42. The molecule has 2 N–H and O–H groups in total. The molecular formula is C12H21N3OS. The average molecular weight is 255 g/mol. The smallest absolute Gasteiger partial charge is 0.226 e. The summed E-state index contributed by atoms with van der Waals surface area (Å²) in [5.41, 5.74) is 5.87. The molecule has 1 atom stereocenters. The van der Waals surface area contributed by atoms with Gasteiger partial charge in [-0.3, -0.25) is 0 Å². The maximum absolute atomic E-state index is 5.87. The Morgan fingerprint density at radius 1 is 1.47 bits per heavy atom. The van der Waals surface area contributed by atoms with E-state index < -0.39 is 0 Å². The molecule has 1 aromatic rings. The van der Waals surface area contributed by atoms with Crippen LogP contribution in [0.4, 0.5) is 0 Å². The zero-order valence-electron chi connectivity index (χ0n) is 10.4. The van der Waals surface area contributed by atoms with Gasteiger partial charge < -0.3 is 10.3 Å². The van der Waals surface area contributed by atoms with Crippen molar-refractivity contribution < 1.29 is 4.52 Å². The van der Waals surface area contributed by atoms with Gasteiger partial charge in [-0.25, -0.2) is 0 Å². The molecule has 0 amide bonds. The minimum absolute atomic E-state index is 0.145. The molecule has 1 aliphatic heterocycles. The normalized spacial score (nSPS) is 19.4. The Morgan fingerprint density at radius 3 is 2.94 bits per heavy atom. The standard InChI is InChI=1S/C12H21N3OS/c1-2-10(13)8-11-14-12(16-15-11)7-9-3-5-17-6-4-9/h9-10H,2-8,13H2,1H3. The fraction of sp³-hybridized carbons (Fsp3) is 0.833. The van der Waals surface area contributed by atoms with Crippen molar-refractivity contribution in [2.75, 3.05) is 11.5 Å². The fourth-order valence-corrected chi connectivity index (χ4v) is 3.24. The molecule has 2 heterocycles. The SMILES string of the molecule is CCC(N)Cc1noc(CC2CCSCC2)n1. The quantitative estimate of drug-likeness (QED) is 0.872. The molecule has 1 aromatic heterocycles. The Labute approximate surface area is 107 Å². The van der Waals surface area contributed by atoms with Crippen LogP contribution in [0.15, 0.2) is 4.52 Å². The van der Waals surface area contributed by atoms with Gasteiger partial charge in [0, 0.05) is 18.9 Å². The zero-order chi connectivity index (χ0) is 12.1. The number of nitrogens with zero attached hydrogens (tertiary/aromatic N) is 2. The second kappa shape index (κ2) is 6.40. The van der Waals surface area contributed by atoms with Crippen LogP contribution in [-0.2, 0) is 12.8 Å². The van der Waals surface area contributed by atoms with E-state index in [9.17, 15) is 0 Å². The van der Waals surface area contributed by atoms with Crippen molar-refractivity contribution in [2.45, 2.75) is 45.1 Å². The molecule has 1 saturated heterocycles. The summed E-state index contributed by atoms with van der Waals surface area (Å²) >= 11 is 2.04. The van der Waals surface area contributed by atoms with E-state index in [1.807, 2.05) is 11.8 Å². The van der Waals surface area contributed by atoms with E-state index in [0.717, 1.165) is 36.9 Å². The molecule has 0 bridgehead atoms. The molecule has 1 unspecified atom stereocenters. The van der Waals surface area contributed by atoms with Gasteiger partial charge in [0.2, 0.25) is 5.89 Å². The van der Waals surface area contributed by atoms with E-state index in [2.05, 4.69) is 17.1 Å². The predicted octanol–water partition coefficient (Wildman–Crippen LogP) is 2.04. The van der Waals surface area contributed by atoms with Crippen molar-refractivity contribution in [3.63, 3.8) is 0 Å². The molecule has 5 heteroatoms. The molecule has 96 valence electrons. The average Bonchev–Trinajstić information content (AvgIpc) is 2.77. The van der Waals surface area contributed by atoms with Gasteiger partial charge in [0.05, 0.1) is 0 Å². The van der Waals surface area contributed by atoms with Crippen molar-refractivity contribution >= 4 is 11.8 Å². The van der Waals surface area contributed by atoms with Crippen LogP contribution in [0.3, 0.4) is 0 Å². The maximum atomic E-state index is 5.87. The number of hydrogen-bond acceptors (Lipinski definition) is 5. The Bertz CT molecular complexity index is 336. The zero-order valence-corrected chi connectivity index (χ0v) is 11.2. The van der Waals surface area contributed by atoms with Crippen LogP contribution in [0.5, 0.6) is 0 Å². The van der Waals surface area contributed by atoms with E-state index in [1.165, 1.54) is 24.3 Å². The molecule has 1 aliphatic rings. The third-order valence-electron chi connectivity index (χ3n) is 3.28. The van der Waals surface area contributed by atoms with Gasteiger partial charge in [-0.2, -0.15) is 16.7 Å². The van der Waals surface area contributed by atoms with Crippen molar-refractivity contribution in [1.82, 2.24) is 10.1 Å². The van der Waals surface area contributed by atoms with Gasteiger partial charge in [0.1, 0.15) is 0 Å². The third kappa shape index (κ3) is 4.00. The summed E-state index contributed by atoms with van der Waals surface area (Å²) in [4.78, 5) is 4.43. The number of aromatic nitrogens is 2. The Hall–Kier alpha value is -0.550. The predicted molar refractivity (Wildman–Crippen MR) is 70.0 cm³/mol. The summed E-state index contributed by atoms with van der Waals surface area (Å²) in [6.45, 7) is 2.07. The number of rotatable bonds is 5. The van der Waals surface area contributed by atoms with Crippen LogP contribution in [0.25, 0.3) is 0 Å². The molecule has 0 radical (unpaired) electrons. The van der Waals surface area contributed by atoms with E-state index in [0.29, 0.717) is 0 Å². The van der Waals surface area contributed by atoms with E-state index >= 15 is 0 Å². The van der Waals surface area contributed by atoms with Crippen molar-refractivity contribution in [3.8, 4) is 0 Å². The molecule has 0 saturated carbocycles.